The Labute approximate surface area is 152 Å². The fraction of sp³-hybridized carbons (Fsp3) is 0.235. The van der Waals surface area contributed by atoms with Gasteiger partial charge in [-0.05, 0) is 35.9 Å². The highest BCUT2D eigenvalue weighted by atomic mass is 35.5. The van der Waals surface area contributed by atoms with Gasteiger partial charge in [-0.1, -0.05) is 23.7 Å². The molecule has 1 N–H and O–H groups in total. The maximum absolute atomic E-state index is 12.2. The number of carbonyl (C=O) groups excluding carboxylic acids is 1. The van der Waals surface area contributed by atoms with Gasteiger partial charge in [-0.2, -0.15) is 0 Å². The van der Waals surface area contributed by atoms with Gasteiger partial charge in [-0.15, -0.1) is 0 Å². The first kappa shape index (κ1) is 19.1. The van der Waals surface area contributed by atoms with E-state index >= 15 is 0 Å². The van der Waals surface area contributed by atoms with E-state index in [0.29, 0.717) is 22.1 Å². The van der Waals surface area contributed by atoms with E-state index in [1.54, 1.807) is 42.5 Å². The molecule has 25 heavy (non-hydrogen) atoms. The van der Waals surface area contributed by atoms with Crippen LogP contribution in [0.3, 0.4) is 0 Å². The molecular weight excluding hydrogens is 364 g/mol. The fourth-order valence-corrected chi connectivity index (χ4v) is 2.85. The van der Waals surface area contributed by atoms with Gasteiger partial charge in [0.1, 0.15) is 5.75 Å². The monoisotopic (exact) mass is 382 g/mol. The topological polar surface area (TPSA) is 75.7 Å². The van der Waals surface area contributed by atoms with Crippen molar-refractivity contribution in [3.63, 3.8) is 0 Å². The summed E-state index contributed by atoms with van der Waals surface area (Å²) in [5, 5.41) is 3.25. The molecule has 0 aromatic heterocycles. The number of amides is 1. The SMILES string of the molecule is COc1ccc(Cl)cc1NC(=O)Cc1ccc(N(C)S(C)(=O)=O)cc1. The van der Waals surface area contributed by atoms with Gasteiger partial charge in [0.25, 0.3) is 0 Å². The largest absolute Gasteiger partial charge is 0.495 e. The third-order valence-corrected chi connectivity index (χ3v) is 5.04. The zero-order valence-corrected chi connectivity index (χ0v) is 15.7. The Balaban J connectivity index is 2.08. The number of nitrogens with one attached hydrogen (secondary N) is 1. The zero-order valence-electron chi connectivity index (χ0n) is 14.1. The Bertz CT molecular complexity index is 867. The van der Waals surface area contributed by atoms with Gasteiger partial charge in [-0.3, -0.25) is 9.10 Å². The van der Waals surface area contributed by atoms with Crippen LogP contribution in [-0.2, 0) is 21.2 Å². The number of benzene rings is 2. The molecule has 0 bridgehead atoms. The number of sulfonamides is 1. The van der Waals surface area contributed by atoms with E-state index in [4.69, 9.17) is 16.3 Å². The quantitative estimate of drug-likeness (QED) is 0.833. The minimum atomic E-state index is -3.32. The molecule has 0 unspecified atom stereocenters. The molecule has 0 saturated heterocycles. The van der Waals surface area contributed by atoms with Crippen LogP contribution >= 0.6 is 11.6 Å². The highest BCUT2D eigenvalue weighted by molar-refractivity contribution is 7.92. The van der Waals surface area contributed by atoms with Crippen molar-refractivity contribution >= 4 is 38.9 Å². The number of halogens is 1. The predicted molar refractivity (Wildman–Crippen MR) is 100 cm³/mol. The molecule has 2 aromatic rings. The lowest BCUT2D eigenvalue weighted by atomic mass is 10.1. The predicted octanol–water partition coefficient (Wildman–Crippen LogP) is 2.93. The van der Waals surface area contributed by atoms with Crippen LogP contribution in [0.4, 0.5) is 11.4 Å². The third-order valence-electron chi connectivity index (χ3n) is 3.60. The normalized spacial score (nSPS) is 11.0. The second kappa shape index (κ2) is 7.76. The van der Waals surface area contributed by atoms with E-state index in [2.05, 4.69) is 5.32 Å². The third kappa shape index (κ3) is 5.11. The molecule has 134 valence electrons. The molecule has 0 radical (unpaired) electrons. The van der Waals surface area contributed by atoms with Gasteiger partial charge in [0.2, 0.25) is 15.9 Å². The van der Waals surface area contributed by atoms with Crippen molar-refractivity contribution in [3.8, 4) is 5.75 Å². The van der Waals surface area contributed by atoms with E-state index in [9.17, 15) is 13.2 Å². The lowest BCUT2D eigenvalue weighted by Gasteiger charge is -2.16. The van der Waals surface area contributed by atoms with E-state index in [0.717, 1.165) is 11.8 Å². The first-order chi connectivity index (χ1) is 11.7. The Morgan fingerprint density at radius 1 is 1.20 bits per heavy atom. The summed E-state index contributed by atoms with van der Waals surface area (Å²) in [6.45, 7) is 0. The van der Waals surface area contributed by atoms with Gasteiger partial charge < -0.3 is 10.1 Å². The van der Waals surface area contributed by atoms with Crippen molar-refractivity contribution < 1.29 is 17.9 Å². The second-order valence-corrected chi connectivity index (χ2v) is 7.92. The second-order valence-electron chi connectivity index (χ2n) is 5.47. The molecule has 0 aliphatic rings. The summed E-state index contributed by atoms with van der Waals surface area (Å²) in [6.07, 6.45) is 1.27. The number of hydrogen-bond acceptors (Lipinski definition) is 4. The first-order valence-electron chi connectivity index (χ1n) is 7.37. The molecule has 0 aliphatic carbocycles. The average molecular weight is 383 g/mol. The van der Waals surface area contributed by atoms with Crippen LogP contribution in [0.2, 0.25) is 5.02 Å². The standard InChI is InChI=1S/C17H19ClN2O4S/c1-20(25(3,22)23)14-7-4-12(5-8-14)10-17(21)19-15-11-13(18)6-9-16(15)24-2/h4-9,11H,10H2,1-3H3,(H,19,21). The van der Waals surface area contributed by atoms with Gasteiger partial charge in [-0.25, -0.2) is 8.42 Å². The van der Waals surface area contributed by atoms with E-state index in [1.807, 2.05) is 0 Å². The van der Waals surface area contributed by atoms with Gasteiger partial charge >= 0.3 is 0 Å². The summed E-state index contributed by atoms with van der Waals surface area (Å²) >= 11 is 5.94. The molecule has 0 atom stereocenters. The fourth-order valence-electron chi connectivity index (χ4n) is 2.17. The molecule has 2 aromatic carbocycles. The van der Waals surface area contributed by atoms with E-state index < -0.39 is 10.0 Å². The molecule has 8 heteroatoms. The molecule has 0 aliphatic heterocycles. The number of hydrogen-bond donors (Lipinski definition) is 1. The van der Waals surface area contributed by atoms with Crippen molar-refractivity contribution in [1.82, 2.24) is 0 Å². The van der Waals surface area contributed by atoms with Crippen molar-refractivity contribution in [2.75, 3.05) is 30.0 Å². The number of nitrogens with zero attached hydrogens (tertiary/aromatic N) is 1. The molecular formula is C17H19ClN2O4S. The zero-order chi connectivity index (χ0) is 18.6. The summed E-state index contributed by atoms with van der Waals surface area (Å²) in [5.74, 6) is 0.285. The molecule has 6 nitrogen and oxygen atoms in total. The van der Waals surface area contributed by atoms with E-state index in [-0.39, 0.29) is 12.3 Å². The van der Waals surface area contributed by atoms with Crippen LogP contribution in [0.15, 0.2) is 42.5 Å². The number of carbonyl (C=O) groups is 1. The molecule has 0 spiro atoms. The van der Waals surface area contributed by atoms with Crippen LogP contribution in [0, 0.1) is 0 Å². The lowest BCUT2D eigenvalue weighted by Crippen LogP contribution is -2.24. The smallest absolute Gasteiger partial charge is 0.231 e. The highest BCUT2D eigenvalue weighted by Gasteiger charge is 2.13. The van der Waals surface area contributed by atoms with Crippen LogP contribution < -0.4 is 14.4 Å². The summed E-state index contributed by atoms with van der Waals surface area (Å²) in [6, 6.07) is 11.7. The Morgan fingerprint density at radius 2 is 1.84 bits per heavy atom. The Hall–Kier alpha value is -2.25. The maximum Gasteiger partial charge on any atom is 0.231 e. The van der Waals surface area contributed by atoms with Crippen molar-refractivity contribution in [2.45, 2.75) is 6.42 Å². The average Bonchev–Trinajstić information content (AvgIpc) is 2.54. The van der Waals surface area contributed by atoms with Crippen molar-refractivity contribution in [3.05, 3.63) is 53.1 Å². The van der Waals surface area contributed by atoms with Crippen LogP contribution in [0.1, 0.15) is 5.56 Å². The number of rotatable bonds is 6. The van der Waals surface area contributed by atoms with Crippen LogP contribution in [0.25, 0.3) is 0 Å². The van der Waals surface area contributed by atoms with Crippen LogP contribution in [-0.4, -0.2) is 34.7 Å². The number of methoxy groups -OCH3 is 1. The number of ether oxygens (including phenoxy) is 1. The minimum Gasteiger partial charge on any atom is -0.495 e. The van der Waals surface area contributed by atoms with Crippen LogP contribution in [0.5, 0.6) is 5.75 Å². The lowest BCUT2D eigenvalue weighted by molar-refractivity contribution is -0.115. The van der Waals surface area contributed by atoms with Crippen molar-refractivity contribution in [1.29, 1.82) is 0 Å². The first-order valence-corrected chi connectivity index (χ1v) is 9.59. The number of anilines is 2. The summed E-state index contributed by atoms with van der Waals surface area (Å²) in [4.78, 5) is 12.2. The Kier molecular flexibility index (Phi) is 5.92. The maximum atomic E-state index is 12.2. The molecule has 0 heterocycles. The molecule has 2 rings (SSSR count). The van der Waals surface area contributed by atoms with Gasteiger partial charge in [0, 0.05) is 12.1 Å². The van der Waals surface area contributed by atoms with Gasteiger partial charge in [0.05, 0.1) is 31.2 Å². The van der Waals surface area contributed by atoms with Crippen molar-refractivity contribution in [2.24, 2.45) is 0 Å². The highest BCUT2D eigenvalue weighted by Crippen LogP contribution is 2.27. The molecule has 0 fully saturated rings. The molecule has 1 amide bonds. The summed E-state index contributed by atoms with van der Waals surface area (Å²) < 4.78 is 29.4. The summed E-state index contributed by atoms with van der Waals surface area (Å²) in [7, 11) is -0.332. The van der Waals surface area contributed by atoms with E-state index in [1.165, 1.54) is 18.5 Å². The summed E-state index contributed by atoms with van der Waals surface area (Å²) in [5.41, 5.74) is 1.78. The Morgan fingerprint density at radius 3 is 2.40 bits per heavy atom. The van der Waals surface area contributed by atoms with Gasteiger partial charge in [0.15, 0.2) is 0 Å². The minimum absolute atomic E-state index is 0.137. The molecule has 0 saturated carbocycles.